The lowest BCUT2D eigenvalue weighted by Gasteiger charge is -2.13. The minimum absolute atomic E-state index is 0.101. The van der Waals surface area contributed by atoms with Crippen molar-refractivity contribution >= 4 is 24.5 Å². The topological polar surface area (TPSA) is 133 Å². The highest BCUT2D eigenvalue weighted by atomic mass is 31.2. The van der Waals surface area contributed by atoms with E-state index in [9.17, 15) is 24.0 Å². The van der Waals surface area contributed by atoms with Gasteiger partial charge in [-0.25, -0.2) is 14.4 Å². The number of rotatable bonds is 5. The Morgan fingerprint density at radius 3 is 2.76 bits per heavy atom. The van der Waals surface area contributed by atoms with Gasteiger partial charge in [-0.3, -0.25) is 8.97 Å². The highest BCUT2D eigenvalue weighted by Crippen LogP contribution is 2.34. The maximum absolute atomic E-state index is 14.5. The number of halogens is 1. The van der Waals surface area contributed by atoms with E-state index in [0.717, 1.165) is 5.56 Å². The van der Waals surface area contributed by atoms with Gasteiger partial charge in [0.2, 0.25) is 5.95 Å². The van der Waals surface area contributed by atoms with E-state index in [1.165, 1.54) is 24.4 Å². The molecule has 3 heterocycles. The van der Waals surface area contributed by atoms with E-state index in [0.29, 0.717) is 47.1 Å². The number of imidazole rings is 1. The number of benzene rings is 2. The molecule has 0 spiro atoms. The number of hydrogen-bond acceptors (Lipinski definition) is 6. The van der Waals surface area contributed by atoms with Crippen LogP contribution >= 0.6 is 7.60 Å². The number of fused-ring (bicyclic) bond motifs is 2. The molecule has 0 radical (unpaired) electrons. The standard InChI is InChI=1S/C22H17FN5O4P/c23-19-5-6-20-16(7-8-32-20)18(19)11-26-22-25-10-17(21-27-14(9-24)12-28(21)22)13-1-3-15(4-2-13)33(29,30)31/h1-6,10,12H,7-8,11H2,(H,25,26)(H2,29,30,31). The van der Waals surface area contributed by atoms with Gasteiger partial charge in [0.15, 0.2) is 11.3 Å². The molecular weight excluding hydrogens is 448 g/mol. The van der Waals surface area contributed by atoms with Crippen molar-refractivity contribution in [3.05, 3.63) is 71.4 Å². The molecule has 2 aromatic carbocycles. The Morgan fingerprint density at radius 2 is 2.03 bits per heavy atom. The zero-order valence-corrected chi connectivity index (χ0v) is 18.0. The molecule has 0 amide bonds. The number of anilines is 1. The Hall–Kier alpha value is -3.77. The third kappa shape index (κ3) is 3.83. The van der Waals surface area contributed by atoms with Gasteiger partial charge in [0.05, 0.1) is 18.1 Å². The third-order valence-electron chi connectivity index (χ3n) is 5.48. The summed E-state index contributed by atoms with van der Waals surface area (Å²) in [6, 6.07) is 10.8. The van der Waals surface area contributed by atoms with Crippen LogP contribution in [0.25, 0.3) is 16.8 Å². The molecule has 3 N–H and O–H groups in total. The zero-order chi connectivity index (χ0) is 23.2. The van der Waals surface area contributed by atoms with Crippen LogP contribution < -0.4 is 15.4 Å². The molecular formula is C22H17FN5O4P. The van der Waals surface area contributed by atoms with Crippen LogP contribution in [0.4, 0.5) is 10.3 Å². The first-order valence-electron chi connectivity index (χ1n) is 9.97. The number of nitrogens with zero attached hydrogens (tertiary/aromatic N) is 4. The van der Waals surface area contributed by atoms with Crippen molar-refractivity contribution in [3.63, 3.8) is 0 Å². The Bertz CT molecular complexity index is 1470. The van der Waals surface area contributed by atoms with Crippen LogP contribution in [0.3, 0.4) is 0 Å². The summed E-state index contributed by atoms with van der Waals surface area (Å²) in [5.41, 5.74) is 3.10. The highest BCUT2D eigenvalue weighted by Gasteiger charge is 2.21. The fourth-order valence-corrected chi connectivity index (χ4v) is 4.41. The molecule has 0 saturated heterocycles. The molecule has 11 heteroatoms. The minimum atomic E-state index is -4.36. The maximum Gasteiger partial charge on any atom is 0.356 e. The number of nitriles is 1. The van der Waals surface area contributed by atoms with Gasteiger partial charge in [-0.1, -0.05) is 12.1 Å². The van der Waals surface area contributed by atoms with Gasteiger partial charge in [-0.2, -0.15) is 5.26 Å². The fourth-order valence-electron chi connectivity index (χ4n) is 3.87. The van der Waals surface area contributed by atoms with Crippen molar-refractivity contribution in [2.24, 2.45) is 0 Å². The van der Waals surface area contributed by atoms with E-state index in [4.69, 9.17) is 4.74 Å². The second kappa shape index (κ2) is 7.98. The third-order valence-corrected chi connectivity index (χ3v) is 6.45. The highest BCUT2D eigenvalue weighted by molar-refractivity contribution is 7.60. The SMILES string of the molecule is N#Cc1cn2c(NCc3c(F)ccc4c3CCO4)ncc(-c3ccc(P(=O)(O)O)cc3)c2n1. The largest absolute Gasteiger partial charge is 0.493 e. The Balaban J connectivity index is 1.52. The summed E-state index contributed by atoms with van der Waals surface area (Å²) >= 11 is 0. The van der Waals surface area contributed by atoms with Crippen molar-refractivity contribution in [1.29, 1.82) is 5.26 Å². The van der Waals surface area contributed by atoms with E-state index in [2.05, 4.69) is 15.3 Å². The summed E-state index contributed by atoms with van der Waals surface area (Å²) in [5, 5.41) is 12.4. The summed E-state index contributed by atoms with van der Waals surface area (Å²) in [7, 11) is -4.36. The number of ether oxygens (including phenoxy) is 1. The summed E-state index contributed by atoms with van der Waals surface area (Å²) in [4.78, 5) is 27.4. The molecule has 0 bridgehead atoms. The molecule has 1 aliphatic rings. The first-order chi connectivity index (χ1) is 15.8. The van der Waals surface area contributed by atoms with Crippen LogP contribution in [0.1, 0.15) is 16.8 Å². The maximum atomic E-state index is 14.5. The molecule has 0 atom stereocenters. The monoisotopic (exact) mass is 465 g/mol. The molecule has 5 rings (SSSR count). The Morgan fingerprint density at radius 1 is 1.24 bits per heavy atom. The molecule has 9 nitrogen and oxygen atoms in total. The van der Waals surface area contributed by atoms with Crippen LogP contribution in [-0.2, 0) is 17.5 Å². The molecule has 33 heavy (non-hydrogen) atoms. The lowest BCUT2D eigenvalue weighted by atomic mass is 10.0. The normalized spacial score (nSPS) is 12.9. The summed E-state index contributed by atoms with van der Waals surface area (Å²) in [6.45, 7) is 0.674. The van der Waals surface area contributed by atoms with Crippen molar-refractivity contribution < 1.29 is 23.5 Å². The number of aromatic nitrogens is 3. The van der Waals surface area contributed by atoms with Gasteiger partial charge < -0.3 is 19.8 Å². The summed E-state index contributed by atoms with van der Waals surface area (Å²) < 4.78 is 33.1. The van der Waals surface area contributed by atoms with E-state index in [-0.39, 0.29) is 23.4 Å². The second-order valence-electron chi connectivity index (χ2n) is 7.47. The summed E-state index contributed by atoms with van der Waals surface area (Å²) in [5.74, 6) is 0.702. The number of hydrogen-bond donors (Lipinski definition) is 3. The average molecular weight is 465 g/mol. The molecule has 0 saturated carbocycles. The van der Waals surface area contributed by atoms with Crippen molar-refractivity contribution in [2.45, 2.75) is 13.0 Å². The van der Waals surface area contributed by atoms with Crippen molar-refractivity contribution in [1.82, 2.24) is 14.4 Å². The number of nitrogens with one attached hydrogen (secondary N) is 1. The molecule has 0 fully saturated rings. The zero-order valence-electron chi connectivity index (χ0n) is 17.1. The Kier molecular flexibility index (Phi) is 5.10. The van der Waals surface area contributed by atoms with Gasteiger partial charge in [0.1, 0.15) is 17.6 Å². The Labute approximate surface area is 187 Å². The first kappa shape index (κ1) is 21.1. The van der Waals surface area contributed by atoms with Crippen LogP contribution in [-0.4, -0.2) is 30.8 Å². The van der Waals surface area contributed by atoms with Crippen molar-refractivity contribution in [3.8, 4) is 22.9 Å². The molecule has 166 valence electrons. The van der Waals surface area contributed by atoms with Crippen LogP contribution in [0, 0.1) is 17.1 Å². The molecule has 0 aliphatic carbocycles. The quantitative estimate of drug-likeness (QED) is 0.383. The lowest BCUT2D eigenvalue weighted by molar-refractivity contribution is 0.356. The van der Waals surface area contributed by atoms with Gasteiger partial charge >= 0.3 is 7.60 Å². The molecule has 4 aromatic rings. The second-order valence-corrected chi connectivity index (χ2v) is 9.08. The molecule has 2 aromatic heterocycles. The van der Waals surface area contributed by atoms with E-state index < -0.39 is 7.60 Å². The van der Waals surface area contributed by atoms with Gasteiger partial charge in [0.25, 0.3) is 0 Å². The van der Waals surface area contributed by atoms with Crippen LogP contribution in [0.15, 0.2) is 48.8 Å². The van der Waals surface area contributed by atoms with Gasteiger partial charge in [0, 0.05) is 35.9 Å². The lowest BCUT2D eigenvalue weighted by Crippen LogP contribution is -2.10. The smallest absolute Gasteiger partial charge is 0.356 e. The van der Waals surface area contributed by atoms with Crippen LogP contribution in [0.2, 0.25) is 0 Å². The van der Waals surface area contributed by atoms with E-state index in [1.807, 2.05) is 6.07 Å². The average Bonchev–Trinajstić information content (AvgIpc) is 3.45. The predicted molar refractivity (Wildman–Crippen MR) is 118 cm³/mol. The molecule has 1 aliphatic heterocycles. The van der Waals surface area contributed by atoms with Gasteiger partial charge in [-0.05, 0) is 29.8 Å². The first-order valence-corrected chi connectivity index (χ1v) is 11.6. The fraction of sp³-hybridized carbons (Fsp3) is 0.136. The summed E-state index contributed by atoms with van der Waals surface area (Å²) in [6.07, 6.45) is 3.69. The van der Waals surface area contributed by atoms with Crippen molar-refractivity contribution in [2.75, 3.05) is 11.9 Å². The predicted octanol–water partition coefficient (Wildman–Crippen LogP) is 2.76. The minimum Gasteiger partial charge on any atom is -0.493 e. The molecule has 0 unspecified atom stereocenters. The van der Waals surface area contributed by atoms with E-state index in [1.54, 1.807) is 28.8 Å². The van der Waals surface area contributed by atoms with E-state index >= 15 is 0 Å². The van der Waals surface area contributed by atoms with Gasteiger partial charge in [-0.15, -0.1) is 0 Å². The van der Waals surface area contributed by atoms with Crippen LogP contribution in [0.5, 0.6) is 5.75 Å².